The molecule has 0 saturated carbocycles. The van der Waals surface area contributed by atoms with Gasteiger partial charge in [0, 0.05) is 29.3 Å². The Bertz CT molecular complexity index is 1280. The second-order valence-corrected chi connectivity index (χ2v) is 8.53. The van der Waals surface area contributed by atoms with Crippen LogP contribution in [-0.2, 0) is 0 Å². The molecule has 0 aliphatic carbocycles. The number of aromatic hydroxyl groups is 1. The average molecular weight is 482 g/mol. The highest BCUT2D eigenvalue weighted by Gasteiger charge is 2.43. The second kappa shape index (κ2) is 8.43. The van der Waals surface area contributed by atoms with Crippen molar-refractivity contribution in [3.05, 3.63) is 101 Å². The van der Waals surface area contributed by atoms with Gasteiger partial charge in [-0.15, -0.1) is 0 Å². The molecule has 1 saturated heterocycles. The van der Waals surface area contributed by atoms with E-state index in [0.717, 1.165) is 11.4 Å². The first kappa shape index (κ1) is 20.8. The molecule has 1 fully saturated rings. The van der Waals surface area contributed by atoms with Crippen molar-refractivity contribution in [2.75, 3.05) is 4.90 Å². The van der Waals surface area contributed by atoms with E-state index in [1.165, 1.54) is 0 Å². The Morgan fingerprint density at radius 1 is 0.969 bits per heavy atom. The fourth-order valence-corrected chi connectivity index (χ4v) is 4.58. The van der Waals surface area contributed by atoms with Gasteiger partial charge in [0.1, 0.15) is 17.6 Å². The van der Waals surface area contributed by atoms with E-state index in [1.807, 2.05) is 52.1 Å². The molecule has 4 heterocycles. The van der Waals surface area contributed by atoms with Crippen LogP contribution in [0.15, 0.2) is 79.3 Å². The van der Waals surface area contributed by atoms with Gasteiger partial charge in [-0.2, -0.15) is 0 Å². The zero-order chi connectivity index (χ0) is 22.2. The second-order valence-electron chi connectivity index (χ2n) is 7.27. The van der Waals surface area contributed by atoms with Gasteiger partial charge in [0.15, 0.2) is 5.11 Å². The van der Waals surface area contributed by atoms with Crippen molar-refractivity contribution < 1.29 is 5.11 Å². The molecule has 5 rings (SSSR count). The molecule has 9 heteroatoms. The maximum atomic E-state index is 10.7. The van der Waals surface area contributed by atoms with Crippen molar-refractivity contribution in [2.24, 2.45) is 0 Å². The van der Waals surface area contributed by atoms with E-state index < -0.39 is 0 Å². The molecular weight excluding hydrogens is 465 g/mol. The van der Waals surface area contributed by atoms with E-state index in [9.17, 15) is 5.11 Å². The molecule has 0 radical (unpaired) electrons. The molecule has 0 bridgehead atoms. The summed E-state index contributed by atoms with van der Waals surface area (Å²) in [4.78, 5) is 10.9. The zero-order valence-corrected chi connectivity index (χ0v) is 18.9. The van der Waals surface area contributed by atoms with Gasteiger partial charge in [-0.1, -0.05) is 29.3 Å². The molecule has 1 aliphatic rings. The van der Waals surface area contributed by atoms with Crippen molar-refractivity contribution in [2.45, 2.75) is 12.1 Å². The number of nitrogens with one attached hydrogen (secondary N) is 1. The molecule has 1 aliphatic heterocycles. The minimum Gasteiger partial charge on any atom is -0.506 e. The summed E-state index contributed by atoms with van der Waals surface area (Å²) >= 11 is 18.0. The quantitative estimate of drug-likeness (QED) is 0.377. The Labute approximate surface area is 200 Å². The molecule has 0 amide bonds. The van der Waals surface area contributed by atoms with E-state index in [2.05, 4.69) is 15.3 Å². The maximum absolute atomic E-state index is 10.7. The van der Waals surface area contributed by atoms with Crippen LogP contribution in [0.3, 0.4) is 0 Å². The van der Waals surface area contributed by atoms with E-state index in [4.69, 9.17) is 35.4 Å². The Balaban J connectivity index is 1.69. The van der Waals surface area contributed by atoms with Crippen LogP contribution in [-0.4, -0.2) is 24.8 Å². The van der Waals surface area contributed by atoms with Gasteiger partial charge in [0.25, 0.3) is 0 Å². The number of anilines is 1. The highest BCUT2D eigenvalue weighted by molar-refractivity contribution is 7.80. The van der Waals surface area contributed by atoms with Gasteiger partial charge < -0.3 is 19.9 Å². The number of thiocarbonyl (C=S) groups is 1. The SMILES string of the molecule is Oc1ccc(Cl)cc1N1C(=S)N[C@@H](c2ccccn2)[C@@H]1c1cccn1-c1ccc(Cl)cn1. The van der Waals surface area contributed by atoms with Crippen LogP contribution in [0.2, 0.25) is 10.0 Å². The lowest BCUT2D eigenvalue weighted by Gasteiger charge is -2.29. The van der Waals surface area contributed by atoms with Gasteiger partial charge in [-0.25, -0.2) is 4.98 Å². The molecule has 6 nitrogen and oxygen atoms in total. The first-order chi connectivity index (χ1) is 15.5. The average Bonchev–Trinajstić information content (AvgIpc) is 3.41. The van der Waals surface area contributed by atoms with Crippen LogP contribution in [0.1, 0.15) is 23.5 Å². The minimum absolute atomic E-state index is 0.0768. The molecular formula is C23H17Cl2N5OS. The monoisotopic (exact) mass is 481 g/mol. The standard InChI is InChI=1S/C23H17Cl2N5OS/c24-14-6-8-19(31)18(12-14)30-22(21(28-23(30)32)16-4-1-2-10-26-16)17-5-3-11-29(17)20-9-7-15(25)13-27-20/h1-13,21-22,31H,(H,28,32)/t21-,22-/m0/s1. The number of halogens is 2. The van der Waals surface area contributed by atoms with Crippen molar-refractivity contribution >= 4 is 46.2 Å². The number of aromatic nitrogens is 3. The van der Waals surface area contributed by atoms with Crippen LogP contribution in [0.25, 0.3) is 5.82 Å². The largest absolute Gasteiger partial charge is 0.506 e. The number of pyridine rings is 2. The van der Waals surface area contributed by atoms with Gasteiger partial charge in [-0.05, 0) is 66.8 Å². The van der Waals surface area contributed by atoms with Gasteiger partial charge in [-0.3, -0.25) is 4.98 Å². The zero-order valence-electron chi connectivity index (χ0n) is 16.6. The summed E-state index contributed by atoms with van der Waals surface area (Å²) in [5.74, 6) is 0.787. The highest BCUT2D eigenvalue weighted by atomic mass is 35.5. The lowest BCUT2D eigenvalue weighted by Crippen LogP contribution is -2.30. The summed E-state index contributed by atoms with van der Waals surface area (Å²) < 4.78 is 1.97. The molecule has 4 aromatic rings. The maximum Gasteiger partial charge on any atom is 0.174 e. The Morgan fingerprint density at radius 3 is 2.56 bits per heavy atom. The molecule has 32 heavy (non-hydrogen) atoms. The number of nitrogens with zero attached hydrogens (tertiary/aromatic N) is 4. The molecule has 3 aromatic heterocycles. The van der Waals surface area contributed by atoms with Crippen molar-refractivity contribution in [3.63, 3.8) is 0 Å². The molecule has 2 atom stereocenters. The number of hydrogen-bond donors (Lipinski definition) is 2. The van der Waals surface area contributed by atoms with E-state index in [0.29, 0.717) is 26.7 Å². The van der Waals surface area contributed by atoms with Crippen LogP contribution in [0.5, 0.6) is 5.75 Å². The molecule has 1 aromatic carbocycles. The molecule has 2 N–H and O–H groups in total. The van der Waals surface area contributed by atoms with Crippen LogP contribution in [0.4, 0.5) is 5.69 Å². The van der Waals surface area contributed by atoms with Crippen molar-refractivity contribution in [1.29, 1.82) is 0 Å². The summed E-state index contributed by atoms with van der Waals surface area (Å²) in [6.07, 6.45) is 5.28. The third kappa shape index (κ3) is 3.68. The summed E-state index contributed by atoms with van der Waals surface area (Å²) in [7, 11) is 0. The van der Waals surface area contributed by atoms with E-state index in [-0.39, 0.29) is 17.8 Å². The number of rotatable bonds is 4. The Hall–Kier alpha value is -3.13. The summed E-state index contributed by atoms with van der Waals surface area (Å²) in [5.41, 5.74) is 2.23. The molecule has 160 valence electrons. The number of benzene rings is 1. The lowest BCUT2D eigenvalue weighted by molar-refractivity contribution is 0.472. The fraction of sp³-hybridized carbons (Fsp3) is 0.0870. The number of hydrogen-bond acceptors (Lipinski definition) is 4. The number of phenols is 1. The van der Waals surface area contributed by atoms with Crippen LogP contribution in [0, 0.1) is 0 Å². The fourth-order valence-electron chi connectivity index (χ4n) is 3.96. The third-order valence-electron chi connectivity index (χ3n) is 5.34. The molecule has 0 spiro atoms. The van der Waals surface area contributed by atoms with Gasteiger partial charge in [0.2, 0.25) is 0 Å². The summed E-state index contributed by atoms with van der Waals surface area (Å²) in [6.45, 7) is 0. The Kier molecular flexibility index (Phi) is 5.46. The third-order valence-corrected chi connectivity index (χ3v) is 6.11. The topological polar surface area (TPSA) is 66.2 Å². The highest BCUT2D eigenvalue weighted by Crippen LogP contribution is 2.45. The van der Waals surface area contributed by atoms with Gasteiger partial charge >= 0.3 is 0 Å². The minimum atomic E-state index is -0.339. The summed E-state index contributed by atoms with van der Waals surface area (Å²) in [6, 6.07) is 17.6. The smallest absolute Gasteiger partial charge is 0.174 e. The first-order valence-corrected chi connectivity index (χ1v) is 11.0. The number of phenolic OH excluding ortho intramolecular Hbond substituents is 1. The van der Waals surface area contributed by atoms with Crippen LogP contribution >= 0.6 is 35.4 Å². The van der Waals surface area contributed by atoms with E-state index in [1.54, 1.807) is 36.7 Å². The van der Waals surface area contributed by atoms with Crippen molar-refractivity contribution in [1.82, 2.24) is 19.9 Å². The normalized spacial score (nSPS) is 18.1. The first-order valence-electron chi connectivity index (χ1n) is 9.81. The summed E-state index contributed by atoms with van der Waals surface area (Å²) in [5, 5.41) is 15.6. The van der Waals surface area contributed by atoms with E-state index >= 15 is 0 Å². The lowest BCUT2D eigenvalue weighted by atomic mass is 10.0. The van der Waals surface area contributed by atoms with Crippen LogP contribution < -0.4 is 10.2 Å². The van der Waals surface area contributed by atoms with Gasteiger partial charge in [0.05, 0.1) is 22.4 Å². The predicted molar refractivity (Wildman–Crippen MR) is 130 cm³/mol. The predicted octanol–water partition coefficient (Wildman–Crippen LogP) is 5.46. The van der Waals surface area contributed by atoms with Crippen molar-refractivity contribution in [3.8, 4) is 11.6 Å². The molecule has 0 unspecified atom stereocenters. The Morgan fingerprint density at radius 2 is 1.81 bits per heavy atom.